The van der Waals surface area contributed by atoms with Crippen molar-refractivity contribution in [1.82, 2.24) is 5.32 Å². The van der Waals surface area contributed by atoms with Gasteiger partial charge >= 0.3 is 0 Å². The molecule has 1 aliphatic carbocycles. The molecule has 0 radical (unpaired) electrons. The quantitative estimate of drug-likeness (QED) is 0.726. The molecule has 1 heteroatoms. The van der Waals surface area contributed by atoms with Crippen molar-refractivity contribution >= 4 is 0 Å². The smallest absolute Gasteiger partial charge is 0.00897 e. The molecule has 14 heavy (non-hydrogen) atoms. The first-order valence-electron chi connectivity index (χ1n) is 6.15. The third-order valence-corrected chi connectivity index (χ3v) is 3.75. The van der Waals surface area contributed by atoms with Gasteiger partial charge in [0, 0.05) is 12.1 Å². The van der Waals surface area contributed by atoms with Gasteiger partial charge in [-0.3, -0.25) is 0 Å². The van der Waals surface area contributed by atoms with Crippen molar-refractivity contribution < 1.29 is 0 Å². The zero-order chi connectivity index (χ0) is 10.8. The van der Waals surface area contributed by atoms with E-state index in [1.165, 1.54) is 25.7 Å². The van der Waals surface area contributed by atoms with Crippen LogP contribution in [0, 0.1) is 11.3 Å². The third kappa shape index (κ3) is 3.61. The monoisotopic (exact) mass is 197 g/mol. The minimum atomic E-state index is 0.383. The van der Waals surface area contributed by atoms with Crippen LogP contribution in [0.2, 0.25) is 0 Å². The van der Waals surface area contributed by atoms with Gasteiger partial charge in [0.05, 0.1) is 0 Å². The number of rotatable bonds is 4. The molecule has 2 unspecified atom stereocenters. The van der Waals surface area contributed by atoms with Crippen molar-refractivity contribution in [3.8, 4) is 0 Å². The van der Waals surface area contributed by atoms with E-state index < -0.39 is 0 Å². The van der Waals surface area contributed by atoms with Crippen LogP contribution in [-0.4, -0.2) is 12.1 Å². The fourth-order valence-electron chi connectivity index (χ4n) is 1.97. The van der Waals surface area contributed by atoms with Crippen LogP contribution in [-0.2, 0) is 0 Å². The Bertz CT molecular complexity index is 165. The highest BCUT2D eigenvalue weighted by Crippen LogP contribution is 2.30. The molecular weight excluding hydrogens is 170 g/mol. The minimum absolute atomic E-state index is 0.383. The van der Waals surface area contributed by atoms with Crippen LogP contribution in [0.1, 0.15) is 60.3 Å². The largest absolute Gasteiger partial charge is 0.311 e. The van der Waals surface area contributed by atoms with Crippen LogP contribution in [0.5, 0.6) is 0 Å². The lowest BCUT2D eigenvalue weighted by Crippen LogP contribution is -2.43. The molecule has 1 aliphatic rings. The summed E-state index contributed by atoms with van der Waals surface area (Å²) in [5.41, 5.74) is 0.383. The molecule has 1 fully saturated rings. The van der Waals surface area contributed by atoms with Gasteiger partial charge in [0.1, 0.15) is 0 Å². The van der Waals surface area contributed by atoms with Crippen molar-refractivity contribution in [2.75, 3.05) is 0 Å². The van der Waals surface area contributed by atoms with Gasteiger partial charge in [-0.05, 0) is 31.6 Å². The van der Waals surface area contributed by atoms with E-state index in [0.717, 1.165) is 5.92 Å². The van der Waals surface area contributed by atoms with Crippen LogP contribution in [0.3, 0.4) is 0 Å². The maximum atomic E-state index is 3.72. The molecule has 1 N–H and O–H groups in total. The van der Waals surface area contributed by atoms with E-state index >= 15 is 0 Å². The SMILES string of the molecule is CC(CC1CCC1)NC(C)C(C)(C)C. The average Bonchev–Trinajstić information content (AvgIpc) is 1.95. The number of nitrogens with one attached hydrogen (secondary N) is 1. The molecule has 0 saturated heterocycles. The van der Waals surface area contributed by atoms with Gasteiger partial charge in [-0.25, -0.2) is 0 Å². The van der Waals surface area contributed by atoms with E-state index in [-0.39, 0.29) is 0 Å². The standard InChI is InChI=1S/C13H27N/c1-10(9-12-7-6-8-12)14-11(2)13(3,4)5/h10-12,14H,6-9H2,1-5H3. The minimum Gasteiger partial charge on any atom is -0.311 e. The Balaban J connectivity index is 2.21. The van der Waals surface area contributed by atoms with Crippen molar-refractivity contribution in [1.29, 1.82) is 0 Å². The molecule has 0 aliphatic heterocycles. The summed E-state index contributed by atoms with van der Waals surface area (Å²) in [6.07, 6.45) is 5.78. The summed E-state index contributed by atoms with van der Waals surface area (Å²) in [7, 11) is 0. The Kier molecular flexibility index (Phi) is 4.00. The first-order chi connectivity index (χ1) is 6.39. The summed E-state index contributed by atoms with van der Waals surface area (Å²) >= 11 is 0. The van der Waals surface area contributed by atoms with E-state index in [1.54, 1.807) is 0 Å². The molecule has 0 aromatic rings. The zero-order valence-corrected chi connectivity index (χ0v) is 10.6. The van der Waals surface area contributed by atoms with Gasteiger partial charge in [-0.1, -0.05) is 40.0 Å². The zero-order valence-electron chi connectivity index (χ0n) is 10.6. The van der Waals surface area contributed by atoms with Crippen molar-refractivity contribution in [3.63, 3.8) is 0 Å². The Morgan fingerprint density at radius 3 is 2.14 bits per heavy atom. The first-order valence-corrected chi connectivity index (χ1v) is 6.15. The fraction of sp³-hybridized carbons (Fsp3) is 1.00. The Morgan fingerprint density at radius 2 is 1.79 bits per heavy atom. The van der Waals surface area contributed by atoms with Gasteiger partial charge in [0.2, 0.25) is 0 Å². The highest BCUT2D eigenvalue weighted by molar-refractivity contribution is 4.81. The molecule has 0 amide bonds. The lowest BCUT2D eigenvalue weighted by molar-refractivity contribution is 0.221. The van der Waals surface area contributed by atoms with Crippen LogP contribution in [0.4, 0.5) is 0 Å². The van der Waals surface area contributed by atoms with Gasteiger partial charge in [0.25, 0.3) is 0 Å². The molecule has 0 aromatic heterocycles. The maximum Gasteiger partial charge on any atom is 0.00897 e. The molecule has 0 aromatic carbocycles. The second-order valence-electron chi connectivity index (χ2n) is 6.19. The lowest BCUT2D eigenvalue weighted by atomic mass is 9.80. The highest BCUT2D eigenvalue weighted by atomic mass is 15.0. The van der Waals surface area contributed by atoms with Gasteiger partial charge in [-0.15, -0.1) is 0 Å². The molecule has 1 nitrogen and oxygen atoms in total. The van der Waals surface area contributed by atoms with E-state index in [0.29, 0.717) is 17.5 Å². The van der Waals surface area contributed by atoms with Gasteiger partial charge < -0.3 is 5.32 Å². The molecule has 0 bridgehead atoms. The fourth-order valence-corrected chi connectivity index (χ4v) is 1.97. The molecule has 84 valence electrons. The van der Waals surface area contributed by atoms with Crippen molar-refractivity contribution in [2.45, 2.75) is 72.4 Å². The average molecular weight is 197 g/mol. The van der Waals surface area contributed by atoms with Crippen molar-refractivity contribution in [2.24, 2.45) is 11.3 Å². The molecule has 0 heterocycles. The predicted molar refractivity (Wildman–Crippen MR) is 63.5 cm³/mol. The van der Waals surface area contributed by atoms with Crippen LogP contribution < -0.4 is 5.32 Å². The summed E-state index contributed by atoms with van der Waals surface area (Å²) in [6, 6.07) is 1.30. The molecule has 0 spiro atoms. The first kappa shape index (κ1) is 12.0. The van der Waals surface area contributed by atoms with Gasteiger partial charge in [-0.2, -0.15) is 0 Å². The number of hydrogen-bond acceptors (Lipinski definition) is 1. The number of hydrogen-bond donors (Lipinski definition) is 1. The maximum absolute atomic E-state index is 3.72. The lowest BCUT2D eigenvalue weighted by Gasteiger charge is -2.34. The third-order valence-electron chi connectivity index (χ3n) is 3.75. The van der Waals surface area contributed by atoms with Gasteiger partial charge in [0.15, 0.2) is 0 Å². The Hall–Kier alpha value is -0.0400. The summed E-state index contributed by atoms with van der Waals surface area (Å²) < 4.78 is 0. The summed E-state index contributed by atoms with van der Waals surface area (Å²) in [5.74, 6) is 1.02. The van der Waals surface area contributed by atoms with E-state index in [9.17, 15) is 0 Å². The molecule has 2 atom stereocenters. The Morgan fingerprint density at radius 1 is 1.21 bits per heavy atom. The second kappa shape index (κ2) is 4.65. The summed E-state index contributed by atoms with van der Waals surface area (Å²) in [4.78, 5) is 0. The highest BCUT2D eigenvalue weighted by Gasteiger charge is 2.24. The molecule has 1 rings (SSSR count). The predicted octanol–water partition coefficient (Wildman–Crippen LogP) is 3.59. The molecular formula is C13H27N. The van der Waals surface area contributed by atoms with Crippen molar-refractivity contribution in [3.05, 3.63) is 0 Å². The van der Waals surface area contributed by atoms with E-state index in [4.69, 9.17) is 0 Å². The summed E-state index contributed by atoms with van der Waals surface area (Å²) in [5, 5.41) is 3.72. The van der Waals surface area contributed by atoms with E-state index in [1.807, 2.05) is 0 Å². The van der Waals surface area contributed by atoms with E-state index in [2.05, 4.69) is 39.9 Å². The summed E-state index contributed by atoms with van der Waals surface area (Å²) in [6.45, 7) is 11.6. The topological polar surface area (TPSA) is 12.0 Å². The normalized spacial score (nSPS) is 22.9. The second-order valence-corrected chi connectivity index (χ2v) is 6.19. The molecule has 1 saturated carbocycles. The Labute approximate surface area is 89.7 Å². The van der Waals surface area contributed by atoms with Crippen LogP contribution in [0.25, 0.3) is 0 Å². The van der Waals surface area contributed by atoms with Crippen LogP contribution in [0.15, 0.2) is 0 Å². The van der Waals surface area contributed by atoms with Crippen LogP contribution >= 0.6 is 0 Å².